The summed E-state index contributed by atoms with van der Waals surface area (Å²) < 4.78 is 28.7. The highest BCUT2D eigenvalue weighted by atomic mass is 32.2. The topological polar surface area (TPSA) is 151 Å². The molecule has 0 spiro atoms. The van der Waals surface area contributed by atoms with E-state index in [1.165, 1.54) is 35.2 Å². The Labute approximate surface area is 199 Å². The second-order valence-corrected chi connectivity index (χ2v) is 10.5. The number of likely N-dealkylation sites (tertiary alicyclic amines) is 1. The highest BCUT2D eigenvalue weighted by molar-refractivity contribution is 7.89. The Morgan fingerprint density at radius 2 is 1.94 bits per heavy atom. The summed E-state index contributed by atoms with van der Waals surface area (Å²) >= 11 is 0. The van der Waals surface area contributed by atoms with Crippen LogP contribution in [0.25, 0.3) is 0 Å². The van der Waals surface area contributed by atoms with E-state index in [1.54, 1.807) is 0 Å². The van der Waals surface area contributed by atoms with Crippen LogP contribution in [0, 0.1) is 0 Å². The number of aryl methyl sites for hydroxylation is 2. The molecule has 1 aliphatic heterocycles. The lowest BCUT2D eigenvalue weighted by atomic mass is 10.1. The molecule has 186 valence electrons. The molecule has 0 saturated carbocycles. The van der Waals surface area contributed by atoms with Gasteiger partial charge in [0.25, 0.3) is 11.8 Å². The number of hydrogen-bond donors (Lipinski definition) is 3. The zero-order chi connectivity index (χ0) is 25.0. The highest BCUT2D eigenvalue weighted by Crippen LogP contribution is 2.27. The number of hydrogen-bond acceptors (Lipinski definition) is 7. The number of benzene rings is 1. The third-order valence-corrected chi connectivity index (χ3v) is 7.78. The zero-order valence-corrected chi connectivity index (χ0v) is 20.6. The first kappa shape index (κ1) is 25.7. The molecule has 4 N–H and O–H groups in total. The minimum absolute atomic E-state index is 0.0155. The maximum absolute atomic E-state index is 13.1. The van der Waals surface area contributed by atoms with Gasteiger partial charge in [-0.15, -0.1) is 0 Å². The van der Waals surface area contributed by atoms with Crippen molar-refractivity contribution in [2.75, 3.05) is 38.5 Å². The molecule has 0 radical (unpaired) electrons. The van der Waals surface area contributed by atoms with Crippen LogP contribution in [-0.4, -0.2) is 77.6 Å². The number of nitrogens with two attached hydrogens (primary N) is 1. The number of nitrogens with one attached hydrogen (secondary N) is 1. The fourth-order valence-electron chi connectivity index (χ4n) is 4.03. The summed E-state index contributed by atoms with van der Waals surface area (Å²) in [6.07, 6.45) is 3.42. The summed E-state index contributed by atoms with van der Waals surface area (Å²) in [6.45, 7) is 4.77. The minimum atomic E-state index is -3.89. The van der Waals surface area contributed by atoms with E-state index in [0.29, 0.717) is 31.6 Å². The first-order chi connectivity index (χ1) is 16.1. The molecule has 1 aliphatic rings. The quantitative estimate of drug-likeness (QED) is 0.450. The molecule has 0 atom stereocenters. The van der Waals surface area contributed by atoms with Crippen LogP contribution in [0.1, 0.15) is 52.7 Å². The summed E-state index contributed by atoms with van der Waals surface area (Å²) in [7, 11) is -0.856. The fourth-order valence-corrected chi connectivity index (χ4v) is 5.22. The SMILES string of the molecule is CCCc1nn(C)c(C(N)=O)c1NC(=O)c1cc(S(=O)(=O)N(C)CCN2CCCC2)ccc1O. The van der Waals surface area contributed by atoms with Crippen molar-refractivity contribution >= 4 is 27.5 Å². The Morgan fingerprint density at radius 1 is 1.26 bits per heavy atom. The van der Waals surface area contributed by atoms with Crippen molar-refractivity contribution in [3.05, 3.63) is 35.2 Å². The van der Waals surface area contributed by atoms with Crippen LogP contribution in [-0.2, 0) is 23.5 Å². The van der Waals surface area contributed by atoms with Crippen molar-refractivity contribution in [3.8, 4) is 5.75 Å². The van der Waals surface area contributed by atoms with Gasteiger partial charge in [0.1, 0.15) is 11.4 Å². The van der Waals surface area contributed by atoms with Crippen LogP contribution in [0.15, 0.2) is 23.1 Å². The Kier molecular flexibility index (Phi) is 7.95. The van der Waals surface area contributed by atoms with Gasteiger partial charge in [0.05, 0.1) is 21.8 Å². The summed E-state index contributed by atoms with van der Waals surface area (Å²) in [5.41, 5.74) is 5.86. The van der Waals surface area contributed by atoms with Gasteiger partial charge in [-0.25, -0.2) is 8.42 Å². The van der Waals surface area contributed by atoms with Crippen LogP contribution in [0.5, 0.6) is 5.75 Å². The van der Waals surface area contributed by atoms with Crippen molar-refractivity contribution < 1.29 is 23.1 Å². The molecular weight excluding hydrogens is 460 g/mol. The van der Waals surface area contributed by atoms with E-state index in [-0.39, 0.29) is 21.8 Å². The maximum Gasteiger partial charge on any atom is 0.269 e. The van der Waals surface area contributed by atoms with Gasteiger partial charge in [-0.1, -0.05) is 13.3 Å². The minimum Gasteiger partial charge on any atom is -0.507 e. The number of primary amides is 1. The Morgan fingerprint density at radius 3 is 2.56 bits per heavy atom. The highest BCUT2D eigenvalue weighted by Gasteiger charge is 2.26. The second kappa shape index (κ2) is 10.5. The van der Waals surface area contributed by atoms with Crippen LogP contribution in [0.4, 0.5) is 5.69 Å². The number of amides is 2. The molecular formula is C22H32N6O5S. The first-order valence-corrected chi connectivity index (χ1v) is 12.7. The Hall–Kier alpha value is -2.96. The number of aromatic hydroxyl groups is 1. The van der Waals surface area contributed by atoms with Gasteiger partial charge >= 0.3 is 0 Å². The number of likely N-dealkylation sites (N-methyl/N-ethyl adjacent to an activating group) is 1. The molecule has 2 heterocycles. The van der Waals surface area contributed by atoms with Gasteiger partial charge in [0, 0.05) is 27.2 Å². The molecule has 0 aliphatic carbocycles. The van der Waals surface area contributed by atoms with Gasteiger partial charge in [0.2, 0.25) is 10.0 Å². The number of phenols is 1. The monoisotopic (exact) mass is 492 g/mol. The summed E-state index contributed by atoms with van der Waals surface area (Å²) in [4.78, 5) is 27.1. The third kappa shape index (κ3) is 5.40. The van der Waals surface area contributed by atoms with Crippen LogP contribution in [0.3, 0.4) is 0 Å². The standard InChI is InChI=1S/C22H32N6O5S/c1-4-7-17-19(20(21(23)30)27(3)25-17)24-22(31)16-14-15(8-9-18(16)29)34(32,33)26(2)12-13-28-10-5-6-11-28/h8-9,14,29H,4-7,10-13H2,1-3H3,(H2,23,30)(H,24,31). The molecule has 2 amide bonds. The summed E-state index contributed by atoms with van der Waals surface area (Å²) in [5.74, 6) is -1.94. The number of sulfonamides is 1. The van der Waals surface area contributed by atoms with E-state index in [0.717, 1.165) is 32.0 Å². The summed E-state index contributed by atoms with van der Waals surface area (Å²) in [5, 5.41) is 17.2. The lowest BCUT2D eigenvalue weighted by molar-refractivity contribution is 0.0992. The number of anilines is 1. The molecule has 12 heteroatoms. The normalized spacial score (nSPS) is 14.6. The first-order valence-electron chi connectivity index (χ1n) is 11.2. The molecule has 0 unspecified atom stereocenters. The van der Waals surface area contributed by atoms with Gasteiger partial charge in [-0.05, 0) is 50.6 Å². The van der Waals surface area contributed by atoms with E-state index in [1.807, 2.05) is 6.92 Å². The number of phenolic OH excluding ortho intramolecular Hbond substituents is 1. The number of nitrogens with zero attached hydrogens (tertiary/aromatic N) is 4. The van der Waals surface area contributed by atoms with Crippen molar-refractivity contribution in [3.63, 3.8) is 0 Å². The van der Waals surface area contributed by atoms with Crippen LogP contribution in [0.2, 0.25) is 0 Å². The number of rotatable bonds is 10. The molecule has 2 aromatic rings. The molecule has 1 saturated heterocycles. The van der Waals surface area contributed by atoms with Gasteiger partial charge in [-0.2, -0.15) is 9.40 Å². The average molecular weight is 493 g/mol. The molecule has 1 fully saturated rings. The largest absolute Gasteiger partial charge is 0.507 e. The van der Waals surface area contributed by atoms with E-state index >= 15 is 0 Å². The lowest BCUT2D eigenvalue weighted by Crippen LogP contribution is -2.35. The molecule has 0 bridgehead atoms. The van der Waals surface area contributed by atoms with E-state index < -0.39 is 27.6 Å². The van der Waals surface area contributed by atoms with Crippen LogP contribution >= 0.6 is 0 Å². The van der Waals surface area contributed by atoms with E-state index in [9.17, 15) is 23.1 Å². The molecule has 11 nitrogen and oxygen atoms in total. The van der Waals surface area contributed by atoms with Crippen molar-refractivity contribution in [1.29, 1.82) is 0 Å². The number of carbonyl (C=O) groups is 2. The number of carbonyl (C=O) groups excluding carboxylic acids is 2. The predicted molar refractivity (Wildman–Crippen MR) is 127 cm³/mol. The summed E-state index contributed by atoms with van der Waals surface area (Å²) in [6, 6.07) is 3.56. The molecule has 3 rings (SSSR count). The van der Waals surface area contributed by atoms with Crippen molar-refractivity contribution in [1.82, 2.24) is 19.0 Å². The Balaban J connectivity index is 1.86. The molecule has 1 aromatic heterocycles. The second-order valence-electron chi connectivity index (χ2n) is 8.42. The van der Waals surface area contributed by atoms with E-state index in [4.69, 9.17) is 5.73 Å². The zero-order valence-electron chi connectivity index (χ0n) is 19.7. The molecule has 34 heavy (non-hydrogen) atoms. The van der Waals surface area contributed by atoms with Gasteiger partial charge < -0.3 is 21.1 Å². The van der Waals surface area contributed by atoms with E-state index in [2.05, 4.69) is 15.3 Å². The van der Waals surface area contributed by atoms with Gasteiger partial charge in [-0.3, -0.25) is 14.3 Å². The van der Waals surface area contributed by atoms with Crippen molar-refractivity contribution in [2.45, 2.75) is 37.5 Å². The van der Waals surface area contributed by atoms with Gasteiger partial charge in [0.15, 0.2) is 0 Å². The smallest absolute Gasteiger partial charge is 0.269 e. The maximum atomic E-state index is 13.1. The third-order valence-electron chi connectivity index (χ3n) is 5.93. The average Bonchev–Trinajstić information content (AvgIpc) is 3.40. The predicted octanol–water partition coefficient (Wildman–Crippen LogP) is 1.15. The van der Waals surface area contributed by atoms with Crippen LogP contribution < -0.4 is 11.1 Å². The van der Waals surface area contributed by atoms with Crippen molar-refractivity contribution in [2.24, 2.45) is 12.8 Å². The Bertz CT molecular complexity index is 1170. The fraction of sp³-hybridized carbons (Fsp3) is 0.500. The lowest BCUT2D eigenvalue weighted by Gasteiger charge is -2.21. The molecule has 1 aromatic carbocycles. The number of aromatic nitrogens is 2.